The smallest absolute Gasteiger partial charge is 0.233 e. The minimum Gasteiger partial charge on any atom is -0.333 e. The zero-order valence-electron chi connectivity index (χ0n) is 16.9. The van der Waals surface area contributed by atoms with Crippen molar-refractivity contribution in [2.45, 2.75) is 67.7 Å². The number of aromatic nitrogens is 2. The van der Waals surface area contributed by atoms with E-state index in [9.17, 15) is 13.2 Å². The van der Waals surface area contributed by atoms with Crippen molar-refractivity contribution in [3.05, 3.63) is 47.8 Å². The van der Waals surface area contributed by atoms with Crippen molar-refractivity contribution in [2.24, 2.45) is 0 Å². The van der Waals surface area contributed by atoms with Crippen molar-refractivity contribution < 1.29 is 13.2 Å². The van der Waals surface area contributed by atoms with Crippen LogP contribution in [-0.4, -0.2) is 42.2 Å². The summed E-state index contributed by atoms with van der Waals surface area (Å²) < 4.78 is 24.5. The van der Waals surface area contributed by atoms with Gasteiger partial charge in [0.1, 0.15) is 4.90 Å². The van der Waals surface area contributed by atoms with Gasteiger partial charge in [0.25, 0.3) is 0 Å². The van der Waals surface area contributed by atoms with Crippen molar-refractivity contribution in [3.63, 3.8) is 0 Å². The first-order chi connectivity index (χ1) is 13.9. The van der Waals surface area contributed by atoms with Crippen molar-refractivity contribution in [3.8, 4) is 0 Å². The lowest BCUT2D eigenvalue weighted by atomic mass is 9.68. The summed E-state index contributed by atoms with van der Waals surface area (Å²) >= 11 is 0. The number of nitrogens with one attached hydrogen (secondary N) is 1. The molecule has 1 aliphatic carbocycles. The third-order valence-electron chi connectivity index (χ3n) is 6.57. The van der Waals surface area contributed by atoms with Gasteiger partial charge < -0.3 is 4.90 Å². The molecule has 7 heteroatoms. The average Bonchev–Trinajstić information content (AvgIpc) is 3.25. The Morgan fingerprint density at radius 2 is 1.83 bits per heavy atom. The molecule has 156 valence electrons. The number of piperidine rings is 1. The van der Waals surface area contributed by atoms with E-state index in [1.165, 1.54) is 12.5 Å². The molecule has 1 aromatic carbocycles. The van der Waals surface area contributed by atoms with Crippen LogP contribution >= 0.6 is 0 Å². The maximum Gasteiger partial charge on any atom is 0.233 e. The van der Waals surface area contributed by atoms with Crippen LogP contribution in [0.25, 0.3) is 0 Å². The van der Waals surface area contributed by atoms with Crippen LogP contribution in [0.2, 0.25) is 0 Å². The van der Waals surface area contributed by atoms with Crippen molar-refractivity contribution in [1.29, 1.82) is 0 Å². The molecule has 0 unspecified atom stereocenters. The number of carbonyl (C=O) groups is 1. The van der Waals surface area contributed by atoms with Gasteiger partial charge in [-0.1, -0.05) is 49.6 Å². The van der Waals surface area contributed by atoms with E-state index in [2.05, 4.69) is 22.3 Å². The van der Waals surface area contributed by atoms with Gasteiger partial charge in [0.15, 0.2) is 9.84 Å². The van der Waals surface area contributed by atoms with Crippen molar-refractivity contribution in [2.75, 3.05) is 12.8 Å². The third kappa shape index (κ3) is 3.72. The van der Waals surface area contributed by atoms with Gasteiger partial charge in [0, 0.05) is 12.8 Å². The van der Waals surface area contributed by atoms with Gasteiger partial charge in [-0.25, -0.2) is 8.42 Å². The molecule has 1 saturated carbocycles. The minimum absolute atomic E-state index is 0.141. The summed E-state index contributed by atoms with van der Waals surface area (Å²) in [5.41, 5.74) is 1.13. The summed E-state index contributed by atoms with van der Waals surface area (Å²) in [6.45, 7) is 0.653. The van der Waals surface area contributed by atoms with Gasteiger partial charge in [-0.15, -0.1) is 0 Å². The van der Waals surface area contributed by atoms with E-state index >= 15 is 0 Å². The highest BCUT2D eigenvalue weighted by molar-refractivity contribution is 7.90. The highest BCUT2D eigenvalue weighted by atomic mass is 32.2. The molecule has 6 nitrogen and oxygen atoms in total. The molecule has 2 heterocycles. The van der Waals surface area contributed by atoms with Crippen molar-refractivity contribution >= 4 is 15.7 Å². The molecule has 1 aliphatic heterocycles. The molecule has 1 amide bonds. The van der Waals surface area contributed by atoms with Gasteiger partial charge in [-0.3, -0.25) is 9.89 Å². The minimum atomic E-state index is -3.41. The van der Waals surface area contributed by atoms with E-state index in [-0.39, 0.29) is 16.8 Å². The van der Waals surface area contributed by atoms with E-state index in [1.54, 1.807) is 0 Å². The Labute approximate surface area is 172 Å². The second-order valence-electron chi connectivity index (χ2n) is 8.44. The van der Waals surface area contributed by atoms with Crippen LogP contribution in [-0.2, 0) is 20.0 Å². The number of nitrogens with zero attached hydrogens (tertiary/aromatic N) is 2. The Morgan fingerprint density at radius 1 is 1.10 bits per heavy atom. The number of benzene rings is 1. The highest BCUT2D eigenvalue weighted by Crippen LogP contribution is 2.44. The van der Waals surface area contributed by atoms with Gasteiger partial charge in [-0.2, -0.15) is 5.10 Å². The lowest BCUT2D eigenvalue weighted by molar-refractivity contribution is -0.143. The number of amides is 1. The van der Waals surface area contributed by atoms with Gasteiger partial charge in [0.05, 0.1) is 23.3 Å². The largest absolute Gasteiger partial charge is 0.333 e. The zero-order chi connectivity index (χ0) is 20.5. The van der Waals surface area contributed by atoms with Crippen LogP contribution in [0.3, 0.4) is 0 Å². The third-order valence-corrected chi connectivity index (χ3v) is 7.70. The molecular weight excluding hydrogens is 386 g/mol. The van der Waals surface area contributed by atoms with Crippen LogP contribution in [0, 0.1) is 0 Å². The quantitative estimate of drug-likeness (QED) is 0.824. The molecule has 1 saturated heterocycles. The summed E-state index contributed by atoms with van der Waals surface area (Å²) in [6, 6.07) is 9.86. The van der Waals surface area contributed by atoms with Crippen LogP contribution in [0.1, 0.15) is 68.7 Å². The van der Waals surface area contributed by atoms with Gasteiger partial charge >= 0.3 is 0 Å². The first kappa shape index (κ1) is 20.1. The molecule has 1 atom stereocenters. The number of aromatic amines is 1. The maximum absolute atomic E-state index is 14.1. The average molecular weight is 416 g/mol. The van der Waals surface area contributed by atoms with Crippen LogP contribution in [0.15, 0.2) is 41.4 Å². The molecule has 2 aromatic rings. The van der Waals surface area contributed by atoms with Gasteiger partial charge in [0.2, 0.25) is 5.91 Å². The first-order valence-corrected chi connectivity index (χ1v) is 12.4. The molecule has 0 bridgehead atoms. The topological polar surface area (TPSA) is 83.1 Å². The molecular formula is C22H29N3O3S. The summed E-state index contributed by atoms with van der Waals surface area (Å²) in [5, 5.41) is 6.90. The SMILES string of the molecule is CS(=O)(=O)c1cn[nH]c1[C@H]1CCCCN1C(=O)C1(c2ccccc2)CCCCC1. The Balaban J connectivity index is 1.74. The number of rotatable bonds is 4. The van der Waals surface area contributed by atoms with Crippen molar-refractivity contribution in [1.82, 2.24) is 15.1 Å². The lowest BCUT2D eigenvalue weighted by Crippen LogP contribution is -2.51. The Kier molecular flexibility index (Phi) is 5.51. The predicted octanol–water partition coefficient (Wildman–Crippen LogP) is 3.77. The normalized spacial score (nSPS) is 22.4. The molecule has 0 radical (unpaired) electrons. The molecule has 29 heavy (non-hydrogen) atoms. The summed E-state index contributed by atoms with van der Waals surface area (Å²) in [4.78, 5) is 16.2. The van der Waals surface area contributed by atoms with E-state index in [1.807, 2.05) is 23.1 Å². The molecule has 1 N–H and O–H groups in total. The highest BCUT2D eigenvalue weighted by Gasteiger charge is 2.46. The fraction of sp³-hybridized carbons (Fsp3) is 0.545. The summed E-state index contributed by atoms with van der Waals surface area (Å²) in [5.74, 6) is 0.141. The Hall–Kier alpha value is -2.15. The second-order valence-corrected chi connectivity index (χ2v) is 10.4. The van der Waals surface area contributed by atoms with Crippen LogP contribution in [0.5, 0.6) is 0 Å². The van der Waals surface area contributed by atoms with E-state index in [0.717, 1.165) is 56.9 Å². The van der Waals surface area contributed by atoms with E-state index in [0.29, 0.717) is 12.2 Å². The fourth-order valence-corrected chi connectivity index (χ4v) is 5.93. The number of hydrogen-bond donors (Lipinski definition) is 1. The van der Waals surface area contributed by atoms with Crippen LogP contribution in [0.4, 0.5) is 0 Å². The number of H-pyrrole nitrogens is 1. The molecule has 4 rings (SSSR count). The second kappa shape index (κ2) is 7.94. The predicted molar refractivity (Wildman–Crippen MR) is 111 cm³/mol. The molecule has 0 spiro atoms. The standard InChI is InChI=1S/C22H29N3O3S/c1-29(27,28)19-16-23-24-20(19)18-12-6-9-15-25(18)21(26)22(13-7-3-8-14-22)17-10-4-2-5-11-17/h2,4-5,10-11,16,18H,3,6-9,12-15H2,1H3,(H,23,24)/t18-/m1/s1. The Morgan fingerprint density at radius 3 is 2.52 bits per heavy atom. The Bertz CT molecular complexity index is 962. The van der Waals surface area contributed by atoms with Crippen LogP contribution < -0.4 is 0 Å². The number of carbonyl (C=O) groups excluding carboxylic acids is 1. The molecule has 2 fully saturated rings. The summed E-state index contributed by atoms with van der Waals surface area (Å²) in [6.07, 6.45) is 10.2. The molecule has 1 aromatic heterocycles. The zero-order valence-corrected chi connectivity index (χ0v) is 17.7. The number of likely N-dealkylation sites (tertiary alicyclic amines) is 1. The maximum atomic E-state index is 14.1. The van der Waals surface area contributed by atoms with E-state index in [4.69, 9.17) is 0 Å². The number of hydrogen-bond acceptors (Lipinski definition) is 4. The fourth-order valence-electron chi connectivity index (χ4n) is 5.11. The lowest BCUT2D eigenvalue weighted by Gasteiger charge is -2.44. The van der Waals surface area contributed by atoms with E-state index < -0.39 is 15.3 Å². The summed E-state index contributed by atoms with van der Waals surface area (Å²) in [7, 11) is -3.41. The monoisotopic (exact) mass is 415 g/mol. The number of sulfone groups is 1. The van der Waals surface area contributed by atoms with Gasteiger partial charge in [-0.05, 0) is 37.7 Å². The molecule has 2 aliphatic rings. The first-order valence-electron chi connectivity index (χ1n) is 10.5.